The molecule has 0 aliphatic rings. The predicted octanol–water partition coefficient (Wildman–Crippen LogP) is 1.48. The summed E-state index contributed by atoms with van der Waals surface area (Å²) in [5.41, 5.74) is 1.52. The maximum atomic E-state index is 13.2. The molecule has 0 aliphatic carbocycles. The van der Waals surface area contributed by atoms with E-state index in [1.165, 1.54) is 26.2 Å². The number of carbonyl (C=O) groups is 4. The maximum Gasteiger partial charge on any atom is 0.328 e. The fourth-order valence-corrected chi connectivity index (χ4v) is 3.53. The van der Waals surface area contributed by atoms with Gasteiger partial charge >= 0.3 is 5.97 Å². The van der Waals surface area contributed by atoms with Gasteiger partial charge in [-0.25, -0.2) is 4.79 Å². The third-order valence-electron chi connectivity index (χ3n) is 5.41. The van der Waals surface area contributed by atoms with Gasteiger partial charge in [-0.15, -0.1) is 0 Å². The number of phenols is 1. The van der Waals surface area contributed by atoms with Crippen LogP contribution in [-0.2, 0) is 36.8 Å². The lowest BCUT2D eigenvalue weighted by atomic mass is 10.0. The number of methoxy groups -OCH3 is 1. The second-order valence-corrected chi connectivity index (χ2v) is 8.63. The van der Waals surface area contributed by atoms with Crippen molar-refractivity contribution < 1.29 is 29.0 Å². The molecule has 0 unspecified atom stereocenters. The number of amides is 3. The summed E-state index contributed by atoms with van der Waals surface area (Å²) in [6, 6.07) is 12.6. The Bertz CT molecular complexity index is 1010. The number of hydrogen-bond donors (Lipinski definition) is 4. The van der Waals surface area contributed by atoms with Gasteiger partial charge in [0.05, 0.1) is 7.11 Å². The van der Waals surface area contributed by atoms with Crippen LogP contribution >= 0.6 is 0 Å². The standard InChI is InChI=1S/C26H33N3O6/c1-16(2)23(26(34)35-4)29-25(33)22(14-18-8-6-5-7-9-18)28-24(32)21(27-17(3)30)15-19-10-12-20(31)13-11-19/h5-13,16,21-23,31H,14-15H2,1-4H3,(H,27,30)(H,28,32)(H,29,33)/t21-,22-,23-/m0/s1. The van der Waals surface area contributed by atoms with Gasteiger partial charge in [0.25, 0.3) is 0 Å². The average molecular weight is 484 g/mol. The van der Waals surface area contributed by atoms with Crippen molar-refractivity contribution in [1.29, 1.82) is 0 Å². The van der Waals surface area contributed by atoms with Gasteiger partial charge in [0.15, 0.2) is 0 Å². The molecule has 0 saturated heterocycles. The van der Waals surface area contributed by atoms with Crippen LogP contribution in [0, 0.1) is 5.92 Å². The van der Waals surface area contributed by atoms with E-state index in [1.54, 1.807) is 26.0 Å². The molecule has 0 aliphatic heterocycles. The van der Waals surface area contributed by atoms with Crippen LogP contribution < -0.4 is 16.0 Å². The van der Waals surface area contributed by atoms with Crippen LogP contribution in [0.4, 0.5) is 0 Å². The van der Waals surface area contributed by atoms with Crippen molar-refractivity contribution in [3.8, 4) is 5.75 Å². The summed E-state index contributed by atoms with van der Waals surface area (Å²) in [4.78, 5) is 50.4. The molecule has 2 rings (SSSR count). The van der Waals surface area contributed by atoms with E-state index in [4.69, 9.17) is 4.74 Å². The first-order chi connectivity index (χ1) is 16.6. The van der Waals surface area contributed by atoms with Crippen LogP contribution in [0.3, 0.4) is 0 Å². The lowest BCUT2D eigenvalue weighted by Gasteiger charge is -2.26. The predicted molar refractivity (Wildman–Crippen MR) is 130 cm³/mol. The van der Waals surface area contributed by atoms with E-state index < -0.39 is 41.8 Å². The van der Waals surface area contributed by atoms with E-state index in [9.17, 15) is 24.3 Å². The summed E-state index contributed by atoms with van der Waals surface area (Å²) in [6.07, 6.45) is 0.332. The Labute approximate surface area is 205 Å². The molecule has 0 radical (unpaired) electrons. The van der Waals surface area contributed by atoms with E-state index in [1.807, 2.05) is 30.3 Å². The number of ether oxygens (including phenoxy) is 1. The molecule has 188 valence electrons. The monoisotopic (exact) mass is 483 g/mol. The normalized spacial score (nSPS) is 13.3. The van der Waals surface area contributed by atoms with E-state index in [0.717, 1.165) is 5.56 Å². The molecule has 4 N–H and O–H groups in total. The number of nitrogens with one attached hydrogen (secondary N) is 3. The molecule has 2 aromatic carbocycles. The van der Waals surface area contributed by atoms with Gasteiger partial charge in [-0.05, 0) is 29.2 Å². The van der Waals surface area contributed by atoms with Gasteiger partial charge in [0.1, 0.15) is 23.9 Å². The fraction of sp³-hybridized carbons (Fsp3) is 0.385. The second-order valence-electron chi connectivity index (χ2n) is 8.63. The van der Waals surface area contributed by atoms with Crippen molar-refractivity contribution in [2.75, 3.05) is 7.11 Å². The second kappa shape index (κ2) is 13.1. The van der Waals surface area contributed by atoms with Crippen molar-refractivity contribution in [3.63, 3.8) is 0 Å². The number of rotatable bonds is 11. The smallest absolute Gasteiger partial charge is 0.328 e. The maximum absolute atomic E-state index is 13.2. The minimum absolute atomic E-state index is 0.0826. The zero-order chi connectivity index (χ0) is 26.0. The number of phenolic OH excluding ortho intramolecular Hbond substituents is 1. The third kappa shape index (κ3) is 8.77. The lowest BCUT2D eigenvalue weighted by molar-refractivity contribution is -0.146. The Morgan fingerprint density at radius 3 is 1.83 bits per heavy atom. The van der Waals surface area contributed by atoms with Crippen molar-refractivity contribution in [1.82, 2.24) is 16.0 Å². The molecule has 3 amide bonds. The van der Waals surface area contributed by atoms with Crippen molar-refractivity contribution >= 4 is 23.7 Å². The summed E-state index contributed by atoms with van der Waals surface area (Å²) in [6.45, 7) is 4.85. The minimum atomic E-state index is -1.01. The molecule has 2 aromatic rings. The summed E-state index contributed by atoms with van der Waals surface area (Å²) in [7, 11) is 1.24. The molecule has 9 nitrogen and oxygen atoms in total. The number of hydrogen-bond acceptors (Lipinski definition) is 6. The van der Waals surface area contributed by atoms with Crippen LogP contribution in [0.1, 0.15) is 31.9 Å². The molecular weight excluding hydrogens is 450 g/mol. The first-order valence-corrected chi connectivity index (χ1v) is 11.4. The first kappa shape index (κ1) is 27.4. The van der Waals surface area contributed by atoms with Gasteiger partial charge < -0.3 is 25.8 Å². The van der Waals surface area contributed by atoms with Gasteiger partial charge in [0.2, 0.25) is 17.7 Å². The highest BCUT2D eigenvalue weighted by Crippen LogP contribution is 2.12. The largest absolute Gasteiger partial charge is 0.508 e. The molecule has 9 heteroatoms. The molecule has 0 spiro atoms. The van der Waals surface area contributed by atoms with Crippen molar-refractivity contribution in [2.24, 2.45) is 5.92 Å². The number of aromatic hydroxyl groups is 1. The molecule has 0 saturated carbocycles. The number of benzene rings is 2. The molecule has 3 atom stereocenters. The molecule has 0 bridgehead atoms. The highest BCUT2D eigenvalue weighted by molar-refractivity contribution is 5.93. The zero-order valence-electron chi connectivity index (χ0n) is 20.4. The topological polar surface area (TPSA) is 134 Å². The van der Waals surface area contributed by atoms with Crippen LogP contribution in [0.15, 0.2) is 54.6 Å². The van der Waals surface area contributed by atoms with Gasteiger partial charge in [-0.3, -0.25) is 14.4 Å². The van der Waals surface area contributed by atoms with Gasteiger partial charge in [0, 0.05) is 19.8 Å². The summed E-state index contributed by atoms with van der Waals surface area (Å²) in [5, 5.41) is 17.5. The van der Waals surface area contributed by atoms with E-state index in [2.05, 4.69) is 16.0 Å². The van der Waals surface area contributed by atoms with Gasteiger partial charge in [-0.2, -0.15) is 0 Å². The Morgan fingerprint density at radius 1 is 0.800 bits per heavy atom. The number of esters is 1. The zero-order valence-corrected chi connectivity index (χ0v) is 20.4. The quantitative estimate of drug-likeness (QED) is 0.358. The Kier molecular flexibility index (Phi) is 10.3. The van der Waals surface area contributed by atoms with Gasteiger partial charge in [-0.1, -0.05) is 56.3 Å². The third-order valence-corrected chi connectivity index (χ3v) is 5.41. The first-order valence-electron chi connectivity index (χ1n) is 11.4. The fourth-order valence-electron chi connectivity index (χ4n) is 3.53. The Hall–Kier alpha value is -3.88. The van der Waals surface area contributed by atoms with E-state index in [0.29, 0.717) is 5.56 Å². The molecular formula is C26H33N3O6. The number of carbonyl (C=O) groups excluding carboxylic acids is 4. The Balaban J connectivity index is 2.26. The molecule has 0 aromatic heterocycles. The minimum Gasteiger partial charge on any atom is -0.508 e. The summed E-state index contributed by atoms with van der Waals surface area (Å²) in [5.74, 6) is -2.23. The molecule has 0 heterocycles. The van der Waals surface area contributed by atoms with Crippen molar-refractivity contribution in [3.05, 3.63) is 65.7 Å². The van der Waals surface area contributed by atoms with E-state index in [-0.39, 0.29) is 24.5 Å². The summed E-state index contributed by atoms with van der Waals surface area (Å²) >= 11 is 0. The molecule has 0 fully saturated rings. The summed E-state index contributed by atoms with van der Waals surface area (Å²) < 4.78 is 4.80. The van der Waals surface area contributed by atoms with Crippen molar-refractivity contribution in [2.45, 2.75) is 51.7 Å². The average Bonchev–Trinajstić information content (AvgIpc) is 2.82. The lowest BCUT2D eigenvalue weighted by Crippen LogP contribution is -2.57. The van der Waals surface area contributed by atoms with Crippen LogP contribution in [-0.4, -0.2) is 54.0 Å². The van der Waals surface area contributed by atoms with E-state index >= 15 is 0 Å². The SMILES string of the molecule is COC(=O)[C@@H](NC(=O)[C@H](Cc1ccccc1)NC(=O)[C@H](Cc1ccc(O)cc1)NC(C)=O)C(C)C. The van der Waals surface area contributed by atoms with Crippen LogP contribution in [0.5, 0.6) is 5.75 Å². The molecule has 35 heavy (non-hydrogen) atoms. The highest BCUT2D eigenvalue weighted by atomic mass is 16.5. The highest BCUT2D eigenvalue weighted by Gasteiger charge is 2.31. The Morgan fingerprint density at radius 2 is 1.31 bits per heavy atom. The van der Waals surface area contributed by atoms with Crippen LogP contribution in [0.2, 0.25) is 0 Å². The van der Waals surface area contributed by atoms with Crippen LogP contribution in [0.25, 0.3) is 0 Å².